The Balaban J connectivity index is 2.62. The van der Waals surface area contributed by atoms with E-state index in [1.54, 1.807) is 0 Å². The number of hydrogen-bond donors (Lipinski definition) is 1. The van der Waals surface area contributed by atoms with Crippen molar-refractivity contribution in [3.63, 3.8) is 0 Å². The molecule has 98 valence electrons. The highest BCUT2D eigenvalue weighted by molar-refractivity contribution is 5.13. The van der Waals surface area contributed by atoms with Gasteiger partial charge in [0, 0.05) is 29.4 Å². The van der Waals surface area contributed by atoms with E-state index in [0.29, 0.717) is 0 Å². The molecule has 0 saturated heterocycles. The lowest BCUT2D eigenvalue weighted by Gasteiger charge is -2.28. The Labute approximate surface area is 106 Å². The molecule has 3 nitrogen and oxygen atoms in total. The number of hydrogen-bond acceptors (Lipinski definition) is 2. The Kier molecular flexibility index (Phi) is 4.36. The third-order valence-corrected chi connectivity index (χ3v) is 3.11. The van der Waals surface area contributed by atoms with E-state index in [1.165, 1.54) is 5.69 Å². The third-order valence-electron chi connectivity index (χ3n) is 3.11. The molecule has 1 N–H and O–H groups in total. The minimum Gasteiger partial charge on any atom is -0.312 e. The van der Waals surface area contributed by atoms with E-state index in [0.717, 1.165) is 19.5 Å². The molecule has 17 heavy (non-hydrogen) atoms. The predicted octanol–water partition coefficient (Wildman–Crippen LogP) is 2.96. The Morgan fingerprint density at radius 2 is 1.88 bits per heavy atom. The molecule has 0 amide bonds. The summed E-state index contributed by atoms with van der Waals surface area (Å²) in [6, 6.07) is 2.14. The van der Waals surface area contributed by atoms with Crippen LogP contribution < -0.4 is 5.32 Å². The molecule has 0 aliphatic carbocycles. The van der Waals surface area contributed by atoms with E-state index in [9.17, 15) is 0 Å². The van der Waals surface area contributed by atoms with Gasteiger partial charge >= 0.3 is 0 Å². The summed E-state index contributed by atoms with van der Waals surface area (Å²) in [6.07, 6.45) is 3.02. The minimum atomic E-state index is 0.171. The second-order valence-electron chi connectivity index (χ2n) is 6.34. The van der Waals surface area contributed by atoms with Crippen LogP contribution in [0.5, 0.6) is 0 Å². The summed E-state index contributed by atoms with van der Waals surface area (Å²) in [5.41, 5.74) is 1.70. The first-order valence-corrected chi connectivity index (χ1v) is 6.53. The molecule has 0 saturated carbocycles. The Hall–Kier alpha value is -0.830. The van der Waals surface area contributed by atoms with E-state index in [1.807, 2.05) is 6.20 Å². The zero-order valence-electron chi connectivity index (χ0n) is 12.2. The molecule has 0 unspecified atom stereocenters. The van der Waals surface area contributed by atoms with Crippen LogP contribution in [-0.2, 0) is 12.0 Å². The molecule has 0 aliphatic rings. The molecule has 0 aromatic carbocycles. The molecule has 1 aromatic rings. The van der Waals surface area contributed by atoms with E-state index >= 15 is 0 Å². The Morgan fingerprint density at radius 3 is 2.41 bits per heavy atom. The summed E-state index contributed by atoms with van der Waals surface area (Å²) < 4.78 is 2.09. The summed E-state index contributed by atoms with van der Waals surface area (Å²) in [4.78, 5) is 0. The van der Waals surface area contributed by atoms with Crippen LogP contribution in [0.2, 0.25) is 0 Å². The third kappa shape index (κ3) is 4.15. The van der Waals surface area contributed by atoms with E-state index in [-0.39, 0.29) is 11.0 Å². The lowest BCUT2D eigenvalue weighted by atomic mass is 9.85. The normalized spacial score (nSPS) is 13.1. The maximum atomic E-state index is 4.35. The second-order valence-corrected chi connectivity index (χ2v) is 6.34. The van der Waals surface area contributed by atoms with Gasteiger partial charge in [0.2, 0.25) is 0 Å². The summed E-state index contributed by atoms with van der Waals surface area (Å²) >= 11 is 0. The first-order chi connectivity index (χ1) is 7.76. The maximum Gasteiger partial charge on any atom is 0.0492 e. The summed E-state index contributed by atoms with van der Waals surface area (Å²) in [5.74, 6) is 0. The van der Waals surface area contributed by atoms with Crippen molar-refractivity contribution in [2.75, 3.05) is 6.54 Å². The maximum absolute atomic E-state index is 4.35. The number of aryl methyl sites for hydroxylation is 1. The second kappa shape index (κ2) is 5.21. The fourth-order valence-electron chi connectivity index (χ4n) is 2.04. The zero-order valence-corrected chi connectivity index (χ0v) is 12.2. The zero-order chi connectivity index (χ0) is 13.1. The van der Waals surface area contributed by atoms with Gasteiger partial charge in [-0.15, -0.1) is 0 Å². The van der Waals surface area contributed by atoms with Gasteiger partial charge < -0.3 is 5.32 Å². The minimum absolute atomic E-state index is 0.171. The quantitative estimate of drug-likeness (QED) is 0.853. The SMILES string of the molecule is CCn1nccc1C(C)(C)CCNC(C)(C)C. The van der Waals surface area contributed by atoms with Crippen molar-refractivity contribution in [1.29, 1.82) is 0 Å². The summed E-state index contributed by atoms with van der Waals surface area (Å²) in [6.45, 7) is 15.3. The van der Waals surface area contributed by atoms with E-state index < -0.39 is 0 Å². The molecule has 1 rings (SSSR count). The number of aromatic nitrogens is 2. The van der Waals surface area contributed by atoms with Crippen LogP contribution in [-0.4, -0.2) is 21.9 Å². The average molecular weight is 237 g/mol. The average Bonchev–Trinajstić information content (AvgIpc) is 2.63. The standard InChI is InChI=1S/C14H27N3/c1-7-17-12(8-10-16-17)14(5,6)9-11-15-13(2,3)4/h8,10,15H,7,9,11H2,1-6H3. The van der Waals surface area contributed by atoms with Gasteiger partial charge in [-0.2, -0.15) is 5.10 Å². The van der Waals surface area contributed by atoms with Gasteiger partial charge in [-0.25, -0.2) is 0 Å². The van der Waals surface area contributed by atoms with Crippen molar-refractivity contribution < 1.29 is 0 Å². The van der Waals surface area contributed by atoms with Gasteiger partial charge in [0.25, 0.3) is 0 Å². The summed E-state index contributed by atoms with van der Waals surface area (Å²) in [7, 11) is 0. The number of nitrogens with zero attached hydrogens (tertiary/aromatic N) is 2. The fraction of sp³-hybridized carbons (Fsp3) is 0.786. The molecular weight excluding hydrogens is 210 g/mol. The largest absolute Gasteiger partial charge is 0.312 e. The van der Waals surface area contributed by atoms with Crippen molar-refractivity contribution >= 4 is 0 Å². The molecule has 0 bridgehead atoms. The van der Waals surface area contributed by atoms with Gasteiger partial charge in [-0.3, -0.25) is 4.68 Å². The van der Waals surface area contributed by atoms with Crippen molar-refractivity contribution in [3.8, 4) is 0 Å². The number of nitrogens with one attached hydrogen (secondary N) is 1. The number of rotatable bonds is 5. The van der Waals surface area contributed by atoms with Crippen LogP contribution in [0.15, 0.2) is 12.3 Å². The Morgan fingerprint density at radius 1 is 1.24 bits per heavy atom. The van der Waals surface area contributed by atoms with Crippen LogP contribution in [0.4, 0.5) is 0 Å². The van der Waals surface area contributed by atoms with Gasteiger partial charge in [0.1, 0.15) is 0 Å². The highest BCUT2D eigenvalue weighted by Crippen LogP contribution is 2.26. The smallest absolute Gasteiger partial charge is 0.0492 e. The van der Waals surface area contributed by atoms with Crippen molar-refractivity contribution in [1.82, 2.24) is 15.1 Å². The fourth-order valence-corrected chi connectivity index (χ4v) is 2.04. The van der Waals surface area contributed by atoms with Crippen LogP contribution >= 0.6 is 0 Å². The molecule has 0 radical (unpaired) electrons. The monoisotopic (exact) mass is 237 g/mol. The van der Waals surface area contributed by atoms with E-state index in [2.05, 4.69) is 62.7 Å². The van der Waals surface area contributed by atoms with Gasteiger partial charge in [0.05, 0.1) is 0 Å². The van der Waals surface area contributed by atoms with Gasteiger partial charge in [-0.05, 0) is 46.7 Å². The molecule has 1 heterocycles. The summed E-state index contributed by atoms with van der Waals surface area (Å²) in [5, 5.41) is 7.90. The highest BCUT2D eigenvalue weighted by atomic mass is 15.3. The molecular formula is C14H27N3. The van der Waals surface area contributed by atoms with Gasteiger partial charge in [-0.1, -0.05) is 13.8 Å². The first-order valence-electron chi connectivity index (χ1n) is 6.53. The molecule has 3 heteroatoms. The molecule has 1 aromatic heterocycles. The van der Waals surface area contributed by atoms with Crippen LogP contribution in [0.25, 0.3) is 0 Å². The van der Waals surface area contributed by atoms with E-state index in [4.69, 9.17) is 0 Å². The molecule has 0 fully saturated rings. The molecule has 0 atom stereocenters. The predicted molar refractivity (Wildman–Crippen MR) is 73.3 cm³/mol. The van der Waals surface area contributed by atoms with Crippen molar-refractivity contribution in [2.24, 2.45) is 0 Å². The molecule has 0 aliphatic heterocycles. The van der Waals surface area contributed by atoms with Crippen molar-refractivity contribution in [3.05, 3.63) is 18.0 Å². The van der Waals surface area contributed by atoms with Crippen LogP contribution in [0, 0.1) is 0 Å². The topological polar surface area (TPSA) is 29.9 Å². The lowest BCUT2D eigenvalue weighted by molar-refractivity contribution is 0.365. The van der Waals surface area contributed by atoms with Crippen molar-refractivity contribution in [2.45, 2.75) is 65.5 Å². The van der Waals surface area contributed by atoms with Crippen LogP contribution in [0.3, 0.4) is 0 Å². The molecule has 0 spiro atoms. The Bertz CT molecular complexity index is 345. The first kappa shape index (κ1) is 14.2. The lowest BCUT2D eigenvalue weighted by Crippen LogP contribution is -2.38. The highest BCUT2D eigenvalue weighted by Gasteiger charge is 2.24. The van der Waals surface area contributed by atoms with Crippen LogP contribution in [0.1, 0.15) is 53.7 Å². The van der Waals surface area contributed by atoms with Gasteiger partial charge in [0.15, 0.2) is 0 Å².